The molecule has 0 bridgehead atoms. The fourth-order valence-corrected chi connectivity index (χ4v) is 3.28. The van der Waals surface area contributed by atoms with E-state index in [0.29, 0.717) is 6.54 Å². The normalized spacial score (nSPS) is 14.2. The topological polar surface area (TPSA) is 106 Å². The van der Waals surface area contributed by atoms with Gasteiger partial charge in [-0.2, -0.15) is 0 Å². The lowest BCUT2D eigenvalue weighted by molar-refractivity contribution is 0.557. The molecule has 0 saturated heterocycles. The number of nitrogens with one attached hydrogen (secondary N) is 1. The molecule has 0 spiro atoms. The molecule has 1 aromatic carbocycles. The van der Waals surface area contributed by atoms with Crippen molar-refractivity contribution >= 4 is 19.9 Å². The van der Waals surface area contributed by atoms with Crippen LogP contribution in [0.25, 0.3) is 0 Å². The van der Waals surface area contributed by atoms with Gasteiger partial charge in [0.15, 0.2) is 9.84 Å². The van der Waals surface area contributed by atoms with E-state index in [9.17, 15) is 16.8 Å². The highest BCUT2D eigenvalue weighted by atomic mass is 32.2. The third kappa shape index (κ3) is 5.58. The van der Waals surface area contributed by atoms with Gasteiger partial charge in [-0.25, -0.2) is 22.0 Å². The van der Waals surface area contributed by atoms with Crippen molar-refractivity contribution in [2.75, 3.05) is 11.5 Å². The Morgan fingerprint density at radius 1 is 1.15 bits per heavy atom. The molecule has 6 nitrogen and oxygen atoms in total. The average molecular weight is 320 g/mol. The van der Waals surface area contributed by atoms with E-state index >= 15 is 0 Å². The summed E-state index contributed by atoms with van der Waals surface area (Å²) in [5, 5.41) is 8.09. The molecule has 1 atom stereocenters. The van der Waals surface area contributed by atoms with Crippen LogP contribution in [0.2, 0.25) is 0 Å². The molecule has 114 valence electrons. The number of benzene rings is 1. The lowest BCUT2D eigenvalue weighted by atomic mass is 10.2. The van der Waals surface area contributed by atoms with Crippen LogP contribution < -0.4 is 10.5 Å². The summed E-state index contributed by atoms with van der Waals surface area (Å²) in [4.78, 5) is 0.0582. The number of rotatable bonds is 7. The van der Waals surface area contributed by atoms with Crippen LogP contribution in [0.15, 0.2) is 29.2 Å². The van der Waals surface area contributed by atoms with Crippen LogP contribution in [0.1, 0.15) is 19.4 Å². The second-order valence-electron chi connectivity index (χ2n) is 4.67. The summed E-state index contributed by atoms with van der Waals surface area (Å²) in [5.41, 5.74) is 0.859. The predicted molar refractivity (Wildman–Crippen MR) is 78.4 cm³/mol. The van der Waals surface area contributed by atoms with Gasteiger partial charge in [0, 0.05) is 18.3 Å². The molecular formula is C12H20N2O4S2. The minimum absolute atomic E-state index is 0.0582. The molecule has 1 unspecified atom stereocenters. The predicted octanol–water partition coefficient (Wildman–Crippen LogP) is 0.247. The van der Waals surface area contributed by atoms with Crippen LogP contribution in [0.5, 0.6) is 0 Å². The molecule has 0 heterocycles. The Hall–Kier alpha value is -0.960. The molecule has 0 aliphatic carbocycles. The quantitative estimate of drug-likeness (QED) is 0.749. The Labute approximate surface area is 120 Å². The lowest BCUT2D eigenvalue weighted by Crippen LogP contribution is -2.33. The van der Waals surface area contributed by atoms with E-state index in [1.54, 1.807) is 26.0 Å². The Balaban J connectivity index is 2.59. The molecule has 0 radical (unpaired) electrons. The first-order valence-corrected chi connectivity index (χ1v) is 9.56. The van der Waals surface area contributed by atoms with E-state index in [1.807, 2.05) is 0 Å². The molecule has 0 amide bonds. The van der Waals surface area contributed by atoms with Crippen LogP contribution in [0.3, 0.4) is 0 Å². The smallest absolute Gasteiger partial charge is 0.238 e. The van der Waals surface area contributed by atoms with Gasteiger partial charge in [-0.05, 0) is 24.6 Å². The van der Waals surface area contributed by atoms with Crippen LogP contribution in [0, 0.1) is 0 Å². The maximum atomic E-state index is 11.5. The number of primary sulfonamides is 1. The first kappa shape index (κ1) is 17.1. The maximum absolute atomic E-state index is 11.5. The zero-order chi connectivity index (χ0) is 15.4. The van der Waals surface area contributed by atoms with E-state index in [0.717, 1.165) is 5.56 Å². The lowest BCUT2D eigenvalue weighted by Gasteiger charge is -2.13. The number of nitrogens with two attached hydrogens (primary N) is 1. The number of sulfone groups is 1. The molecule has 1 aromatic rings. The second kappa shape index (κ2) is 6.66. The highest BCUT2D eigenvalue weighted by Crippen LogP contribution is 2.08. The first-order valence-electron chi connectivity index (χ1n) is 6.19. The summed E-state index contributed by atoms with van der Waals surface area (Å²) in [5.74, 6) is 0.209. The van der Waals surface area contributed by atoms with E-state index in [1.165, 1.54) is 12.1 Å². The number of hydrogen-bond acceptors (Lipinski definition) is 5. The minimum Gasteiger partial charge on any atom is -0.309 e. The van der Waals surface area contributed by atoms with Crippen molar-refractivity contribution < 1.29 is 16.8 Å². The zero-order valence-electron chi connectivity index (χ0n) is 11.5. The molecular weight excluding hydrogens is 300 g/mol. The summed E-state index contributed by atoms with van der Waals surface area (Å²) >= 11 is 0. The summed E-state index contributed by atoms with van der Waals surface area (Å²) in [7, 11) is -6.69. The van der Waals surface area contributed by atoms with Gasteiger partial charge in [0.25, 0.3) is 0 Å². The molecule has 0 fully saturated rings. The third-order valence-electron chi connectivity index (χ3n) is 2.85. The summed E-state index contributed by atoms with van der Waals surface area (Å²) in [6.07, 6.45) is 0. The van der Waals surface area contributed by atoms with Crippen molar-refractivity contribution in [1.82, 2.24) is 5.32 Å². The Morgan fingerprint density at radius 3 is 2.15 bits per heavy atom. The second-order valence-corrected chi connectivity index (χ2v) is 8.63. The van der Waals surface area contributed by atoms with Gasteiger partial charge in [-0.15, -0.1) is 0 Å². The van der Waals surface area contributed by atoms with Crippen molar-refractivity contribution in [3.05, 3.63) is 29.8 Å². The van der Waals surface area contributed by atoms with E-state index < -0.39 is 19.9 Å². The van der Waals surface area contributed by atoms with Gasteiger partial charge in [-0.3, -0.25) is 0 Å². The monoisotopic (exact) mass is 320 g/mol. The van der Waals surface area contributed by atoms with Gasteiger partial charge < -0.3 is 5.32 Å². The molecule has 0 aromatic heterocycles. The van der Waals surface area contributed by atoms with Gasteiger partial charge in [0.1, 0.15) is 0 Å². The van der Waals surface area contributed by atoms with Crippen molar-refractivity contribution in [2.24, 2.45) is 5.14 Å². The molecule has 0 aliphatic heterocycles. The Bertz CT molecular complexity index is 637. The van der Waals surface area contributed by atoms with E-state index in [2.05, 4.69) is 5.32 Å². The Morgan fingerprint density at radius 2 is 1.70 bits per heavy atom. The van der Waals surface area contributed by atoms with Gasteiger partial charge in [0.2, 0.25) is 10.0 Å². The highest BCUT2D eigenvalue weighted by molar-refractivity contribution is 7.91. The van der Waals surface area contributed by atoms with Gasteiger partial charge in [-0.1, -0.05) is 19.1 Å². The SMILES string of the molecule is CCS(=O)(=O)CC(C)NCc1ccc(S(N)(=O)=O)cc1. The standard InChI is InChI=1S/C12H20N2O4S2/c1-3-19(15,16)9-10(2)14-8-11-4-6-12(7-5-11)20(13,17)18/h4-7,10,14H,3,8-9H2,1-2H3,(H2,13,17,18). The van der Waals surface area contributed by atoms with Gasteiger partial charge in [0.05, 0.1) is 10.6 Å². The van der Waals surface area contributed by atoms with Crippen LogP contribution in [-0.4, -0.2) is 34.4 Å². The highest BCUT2D eigenvalue weighted by Gasteiger charge is 2.13. The number of sulfonamides is 1. The van der Waals surface area contributed by atoms with E-state index in [4.69, 9.17) is 5.14 Å². The van der Waals surface area contributed by atoms with Crippen molar-refractivity contribution in [1.29, 1.82) is 0 Å². The fraction of sp³-hybridized carbons (Fsp3) is 0.500. The molecule has 0 aliphatic rings. The zero-order valence-corrected chi connectivity index (χ0v) is 13.2. The maximum Gasteiger partial charge on any atom is 0.238 e. The minimum atomic E-state index is -3.68. The summed E-state index contributed by atoms with van der Waals surface area (Å²) < 4.78 is 45.1. The van der Waals surface area contributed by atoms with Gasteiger partial charge >= 0.3 is 0 Å². The molecule has 0 saturated carbocycles. The Kier molecular flexibility index (Phi) is 5.69. The largest absolute Gasteiger partial charge is 0.309 e. The fourth-order valence-electron chi connectivity index (χ4n) is 1.65. The summed E-state index contributed by atoms with van der Waals surface area (Å²) in [6.45, 7) is 3.88. The first-order chi connectivity index (χ1) is 9.14. The third-order valence-corrected chi connectivity index (χ3v) is 5.67. The van der Waals surface area contributed by atoms with E-state index in [-0.39, 0.29) is 22.4 Å². The van der Waals surface area contributed by atoms with Crippen molar-refractivity contribution in [3.8, 4) is 0 Å². The molecule has 3 N–H and O–H groups in total. The molecule has 8 heteroatoms. The molecule has 1 rings (SSSR count). The average Bonchev–Trinajstić information content (AvgIpc) is 2.35. The van der Waals surface area contributed by atoms with Crippen molar-refractivity contribution in [3.63, 3.8) is 0 Å². The van der Waals surface area contributed by atoms with Crippen LogP contribution in [-0.2, 0) is 26.4 Å². The van der Waals surface area contributed by atoms with Crippen LogP contribution >= 0.6 is 0 Å². The van der Waals surface area contributed by atoms with Crippen LogP contribution in [0.4, 0.5) is 0 Å². The van der Waals surface area contributed by atoms with Crippen molar-refractivity contribution in [2.45, 2.75) is 31.3 Å². The summed E-state index contributed by atoms with van der Waals surface area (Å²) in [6, 6.07) is 5.99. The molecule has 20 heavy (non-hydrogen) atoms. The number of hydrogen-bond donors (Lipinski definition) is 2.